The highest BCUT2D eigenvalue weighted by molar-refractivity contribution is 5.77. The van der Waals surface area contributed by atoms with Crippen molar-refractivity contribution in [3.8, 4) is 0 Å². The summed E-state index contributed by atoms with van der Waals surface area (Å²) in [4.78, 5) is 14.2. The summed E-state index contributed by atoms with van der Waals surface area (Å²) in [5.74, 6) is 0.154. The summed E-state index contributed by atoms with van der Waals surface area (Å²) in [6.45, 7) is 15.5. The lowest BCUT2D eigenvalue weighted by molar-refractivity contribution is -0.143. The zero-order valence-corrected chi connectivity index (χ0v) is 15.8. The van der Waals surface area contributed by atoms with E-state index in [4.69, 9.17) is 4.74 Å². The summed E-state index contributed by atoms with van der Waals surface area (Å²) in [7, 11) is 0. The number of carbonyl (C=O) groups is 1. The third-order valence-corrected chi connectivity index (χ3v) is 3.84. The molecule has 0 aliphatic heterocycles. The predicted octanol–water partition coefficient (Wildman–Crippen LogP) is 4.72. The van der Waals surface area contributed by atoms with Crippen LogP contribution in [0.2, 0.25) is 0 Å². The Kier molecular flexibility index (Phi) is 9.38. The van der Waals surface area contributed by atoms with Gasteiger partial charge in [-0.25, -0.2) is 0 Å². The van der Waals surface area contributed by atoms with Gasteiger partial charge in [-0.15, -0.1) is 13.2 Å². The molecule has 0 heterocycles. The second-order valence-corrected chi connectivity index (χ2v) is 6.61. The van der Waals surface area contributed by atoms with E-state index in [0.29, 0.717) is 5.92 Å². The van der Waals surface area contributed by atoms with E-state index < -0.39 is 0 Å². The van der Waals surface area contributed by atoms with E-state index in [1.165, 1.54) is 5.56 Å². The average Bonchev–Trinajstić information content (AvgIpc) is 2.58. The molecule has 3 nitrogen and oxygen atoms in total. The zero-order chi connectivity index (χ0) is 18.7. The number of hydrogen-bond donors (Lipinski definition) is 0. The van der Waals surface area contributed by atoms with Crippen molar-refractivity contribution in [1.82, 2.24) is 4.90 Å². The first-order valence-electron chi connectivity index (χ1n) is 8.85. The lowest BCUT2D eigenvalue weighted by Gasteiger charge is -2.16. The van der Waals surface area contributed by atoms with E-state index in [9.17, 15) is 4.79 Å². The Morgan fingerprint density at radius 3 is 2.24 bits per heavy atom. The monoisotopic (exact) mass is 341 g/mol. The number of hydrogen-bond acceptors (Lipinski definition) is 3. The lowest BCUT2D eigenvalue weighted by Crippen LogP contribution is -2.17. The third-order valence-electron chi connectivity index (χ3n) is 3.84. The fourth-order valence-electron chi connectivity index (χ4n) is 2.53. The number of rotatable bonds is 11. The van der Waals surface area contributed by atoms with E-state index in [1.807, 2.05) is 48.4 Å². The Balaban J connectivity index is 2.50. The minimum atomic E-state index is -0.265. The minimum absolute atomic E-state index is 0.208. The Morgan fingerprint density at radius 2 is 1.72 bits per heavy atom. The van der Waals surface area contributed by atoms with Gasteiger partial charge in [0.1, 0.15) is 6.61 Å². The van der Waals surface area contributed by atoms with Crippen LogP contribution in [-0.2, 0) is 16.0 Å². The maximum Gasteiger partial charge on any atom is 0.313 e. The van der Waals surface area contributed by atoms with Crippen molar-refractivity contribution in [3.63, 3.8) is 0 Å². The van der Waals surface area contributed by atoms with Gasteiger partial charge in [0.25, 0.3) is 0 Å². The highest BCUT2D eigenvalue weighted by atomic mass is 16.5. The summed E-state index contributed by atoms with van der Waals surface area (Å²) in [6.07, 6.45) is 8.44. The van der Waals surface area contributed by atoms with Crippen molar-refractivity contribution in [2.45, 2.75) is 33.1 Å². The van der Waals surface area contributed by atoms with Crippen LogP contribution in [0.1, 0.15) is 37.8 Å². The van der Waals surface area contributed by atoms with Crippen LogP contribution in [0, 0.1) is 5.92 Å². The van der Waals surface area contributed by atoms with Crippen LogP contribution in [0.5, 0.6) is 0 Å². The maximum absolute atomic E-state index is 12.2. The second-order valence-electron chi connectivity index (χ2n) is 6.61. The van der Waals surface area contributed by atoms with Gasteiger partial charge in [0, 0.05) is 13.1 Å². The Labute approximate surface area is 152 Å². The molecule has 1 aromatic rings. The SMILES string of the molecule is C=CCN(C=CCOC(=O)C(C)c1ccc(CC(C)C)cc1)CC=C. The predicted molar refractivity (Wildman–Crippen MR) is 105 cm³/mol. The molecule has 1 atom stereocenters. The Morgan fingerprint density at radius 1 is 1.12 bits per heavy atom. The third kappa shape index (κ3) is 7.88. The zero-order valence-electron chi connectivity index (χ0n) is 15.8. The van der Waals surface area contributed by atoms with Crippen LogP contribution in [0.25, 0.3) is 0 Å². The molecule has 136 valence electrons. The summed E-state index contributed by atoms with van der Waals surface area (Å²) < 4.78 is 5.36. The minimum Gasteiger partial charge on any atom is -0.461 e. The number of benzene rings is 1. The summed E-state index contributed by atoms with van der Waals surface area (Å²) in [6, 6.07) is 8.24. The molecule has 0 saturated heterocycles. The van der Waals surface area contributed by atoms with Crippen LogP contribution in [0.4, 0.5) is 0 Å². The molecule has 3 heteroatoms. The molecule has 0 aromatic heterocycles. The lowest BCUT2D eigenvalue weighted by atomic mass is 9.97. The quantitative estimate of drug-likeness (QED) is 0.431. The van der Waals surface area contributed by atoms with E-state index in [1.54, 1.807) is 0 Å². The molecule has 0 aliphatic rings. The number of nitrogens with zero attached hydrogens (tertiary/aromatic N) is 1. The molecule has 0 saturated carbocycles. The van der Waals surface area contributed by atoms with Gasteiger partial charge in [-0.2, -0.15) is 0 Å². The van der Waals surface area contributed by atoms with Crippen molar-refractivity contribution < 1.29 is 9.53 Å². The van der Waals surface area contributed by atoms with Gasteiger partial charge in [-0.3, -0.25) is 4.79 Å². The number of carbonyl (C=O) groups excluding carboxylic acids is 1. The molecule has 0 aliphatic carbocycles. The highest BCUT2D eigenvalue weighted by Gasteiger charge is 2.16. The van der Waals surface area contributed by atoms with E-state index in [-0.39, 0.29) is 18.5 Å². The molecule has 0 N–H and O–H groups in total. The van der Waals surface area contributed by atoms with Gasteiger partial charge >= 0.3 is 5.97 Å². The molecule has 0 radical (unpaired) electrons. The summed E-state index contributed by atoms with van der Waals surface area (Å²) >= 11 is 0. The van der Waals surface area contributed by atoms with Gasteiger partial charge in [-0.05, 0) is 42.7 Å². The molecule has 0 bridgehead atoms. The average molecular weight is 341 g/mol. The van der Waals surface area contributed by atoms with E-state index in [2.05, 4.69) is 39.1 Å². The van der Waals surface area contributed by atoms with Gasteiger partial charge in [-0.1, -0.05) is 50.3 Å². The van der Waals surface area contributed by atoms with Crippen LogP contribution >= 0.6 is 0 Å². The molecule has 1 unspecified atom stereocenters. The largest absolute Gasteiger partial charge is 0.461 e. The fourth-order valence-corrected chi connectivity index (χ4v) is 2.53. The first-order valence-corrected chi connectivity index (χ1v) is 8.85. The normalized spacial score (nSPS) is 12.2. The van der Waals surface area contributed by atoms with Crippen molar-refractivity contribution in [2.24, 2.45) is 5.92 Å². The van der Waals surface area contributed by atoms with Crippen LogP contribution < -0.4 is 0 Å². The molecule has 0 spiro atoms. The van der Waals surface area contributed by atoms with Gasteiger partial charge in [0.15, 0.2) is 0 Å². The Bertz CT molecular complexity index is 562. The molecular formula is C22H31NO2. The van der Waals surface area contributed by atoms with Crippen molar-refractivity contribution in [3.05, 3.63) is 73.0 Å². The number of ether oxygens (including phenoxy) is 1. The molecule has 0 amide bonds. The van der Waals surface area contributed by atoms with Gasteiger partial charge in [0.2, 0.25) is 0 Å². The van der Waals surface area contributed by atoms with Crippen LogP contribution in [-0.4, -0.2) is 30.6 Å². The van der Waals surface area contributed by atoms with E-state index in [0.717, 1.165) is 25.1 Å². The summed E-state index contributed by atoms with van der Waals surface area (Å²) in [5, 5.41) is 0. The fraction of sp³-hybridized carbons (Fsp3) is 0.409. The van der Waals surface area contributed by atoms with Gasteiger partial charge < -0.3 is 9.64 Å². The molecule has 0 fully saturated rings. The van der Waals surface area contributed by atoms with Gasteiger partial charge in [0.05, 0.1) is 5.92 Å². The Hall–Kier alpha value is -2.29. The maximum atomic E-state index is 12.2. The summed E-state index contributed by atoms with van der Waals surface area (Å²) in [5.41, 5.74) is 2.29. The van der Waals surface area contributed by atoms with Crippen molar-refractivity contribution >= 4 is 5.97 Å². The van der Waals surface area contributed by atoms with Crippen molar-refractivity contribution in [2.75, 3.05) is 19.7 Å². The first-order chi connectivity index (χ1) is 12.0. The molecule has 25 heavy (non-hydrogen) atoms. The molecule has 1 rings (SSSR count). The first kappa shape index (κ1) is 20.8. The van der Waals surface area contributed by atoms with Crippen LogP contribution in [0.3, 0.4) is 0 Å². The standard InChI is InChI=1S/C22H31NO2/c1-6-13-23(14-7-2)15-8-16-25-22(24)19(5)21-11-9-20(10-12-21)17-18(3)4/h6-12,15,18-19H,1-2,13-14,16-17H2,3-5H3. The number of esters is 1. The van der Waals surface area contributed by atoms with Crippen molar-refractivity contribution in [1.29, 1.82) is 0 Å². The topological polar surface area (TPSA) is 29.5 Å². The smallest absolute Gasteiger partial charge is 0.313 e. The highest BCUT2D eigenvalue weighted by Crippen LogP contribution is 2.18. The molecular weight excluding hydrogens is 310 g/mol. The van der Waals surface area contributed by atoms with E-state index >= 15 is 0 Å². The second kappa shape index (κ2) is 11.3. The van der Waals surface area contributed by atoms with Crippen LogP contribution in [0.15, 0.2) is 61.9 Å². The molecule has 1 aromatic carbocycles.